The standard InChI is InChI=1S/C34H47NO4/c1-21-24-9-11-32(6)27(31(24,5)18-23(20-35)29(21)38)17-26(37)28-25-19-30(3,4)12-14-34(25,15-13-33(28,32)7)10-8-16-39-22(2)36/h17-18,21,24-25,28H,8-16,19H2,1-7H3. The van der Waals surface area contributed by atoms with E-state index in [-0.39, 0.29) is 62.5 Å². The van der Waals surface area contributed by atoms with Crippen molar-refractivity contribution in [2.75, 3.05) is 6.61 Å². The molecule has 0 heterocycles. The lowest BCUT2D eigenvalue weighted by Crippen LogP contribution is -2.64. The Kier molecular flexibility index (Phi) is 6.64. The van der Waals surface area contributed by atoms with Crippen molar-refractivity contribution in [2.45, 2.75) is 106 Å². The number of allylic oxidation sites excluding steroid dienone is 4. The van der Waals surface area contributed by atoms with Gasteiger partial charge in [0.05, 0.1) is 12.2 Å². The second kappa shape index (κ2) is 9.15. The van der Waals surface area contributed by atoms with Gasteiger partial charge in [-0.05, 0) is 97.4 Å². The summed E-state index contributed by atoms with van der Waals surface area (Å²) in [5, 5.41) is 9.81. The quantitative estimate of drug-likeness (QED) is 0.283. The van der Waals surface area contributed by atoms with Crippen LogP contribution in [-0.4, -0.2) is 24.1 Å². The third kappa shape index (κ3) is 4.02. The molecule has 39 heavy (non-hydrogen) atoms. The van der Waals surface area contributed by atoms with E-state index in [0.717, 1.165) is 51.4 Å². The Morgan fingerprint density at radius 3 is 2.41 bits per heavy atom. The number of carbonyl (C=O) groups excluding carboxylic acids is 3. The van der Waals surface area contributed by atoms with E-state index in [9.17, 15) is 19.6 Å². The molecule has 5 aliphatic rings. The maximum absolute atomic E-state index is 14.5. The Labute approximate surface area is 234 Å². The van der Waals surface area contributed by atoms with Gasteiger partial charge in [-0.15, -0.1) is 0 Å². The summed E-state index contributed by atoms with van der Waals surface area (Å²) in [4.78, 5) is 38.8. The topological polar surface area (TPSA) is 84.2 Å². The number of hydrogen-bond acceptors (Lipinski definition) is 5. The van der Waals surface area contributed by atoms with Crippen LogP contribution in [-0.2, 0) is 19.1 Å². The second-order valence-corrected chi connectivity index (χ2v) is 15.2. The van der Waals surface area contributed by atoms with Gasteiger partial charge in [0.15, 0.2) is 11.6 Å². The normalized spacial score (nSPS) is 44.5. The molecule has 0 saturated heterocycles. The van der Waals surface area contributed by atoms with Crippen LogP contribution in [0.5, 0.6) is 0 Å². The molecule has 3 fully saturated rings. The first-order valence-electron chi connectivity index (χ1n) is 15.2. The first-order valence-corrected chi connectivity index (χ1v) is 15.2. The molecule has 0 aliphatic heterocycles. The number of hydrogen-bond donors (Lipinski definition) is 0. The molecule has 0 amide bonds. The number of Topliss-reactive ketones (excluding diaryl/α,β-unsaturated/α-hetero) is 1. The highest BCUT2D eigenvalue weighted by Gasteiger charge is 2.68. The van der Waals surface area contributed by atoms with Crippen LogP contribution < -0.4 is 0 Å². The zero-order valence-corrected chi connectivity index (χ0v) is 25.1. The highest BCUT2D eigenvalue weighted by atomic mass is 16.5. The fraction of sp³-hybridized carbons (Fsp3) is 0.765. The van der Waals surface area contributed by atoms with Gasteiger partial charge in [-0.1, -0.05) is 53.2 Å². The number of esters is 1. The monoisotopic (exact) mass is 533 g/mol. The molecule has 8 unspecified atom stereocenters. The number of carbonyl (C=O) groups is 3. The third-order valence-corrected chi connectivity index (χ3v) is 12.8. The Hall–Kier alpha value is -2.22. The van der Waals surface area contributed by atoms with Crippen LogP contribution in [0.25, 0.3) is 0 Å². The smallest absolute Gasteiger partial charge is 0.302 e. The molecule has 3 saturated carbocycles. The maximum Gasteiger partial charge on any atom is 0.302 e. The average molecular weight is 534 g/mol. The molecule has 0 aromatic carbocycles. The van der Waals surface area contributed by atoms with Crippen LogP contribution in [0.3, 0.4) is 0 Å². The van der Waals surface area contributed by atoms with Crippen LogP contribution >= 0.6 is 0 Å². The number of ketones is 2. The summed E-state index contributed by atoms with van der Waals surface area (Å²) in [6.07, 6.45) is 13.1. The van der Waals surface area contributed by atoms with Crippen LogP contribution in [0.15, 0.2) is 23.3 Å². The van der Waals surface area contributed by atoms with Crippen molar-refractivity contribution in [3.63, 3.8) is 0 Å². The molecule has 212 valence electrons. The van der Waals surface area contributed by atoms with Crippen molar-refractivity contribution >= 4 is 17.5 Å². The molecule has 0 radical (unpaired) electrons. The van der Waals surface area contributed by atoms with Gasteiger partial charge in [0.25, 0.3) is 0 Å². The fourth-order valence-electron chi connectivity index (χ4n) is 10.4. The molecular formula is C34H47NO4. The third-order valence-electron chi connectivity index (χ3n) is 12.8. The molecular weight excluding hydrogens is 486 g/mol. The Bertz CT molecular complexity index is 1200. The second-order valence-electron chi connectivity index (χ2n) is 15.2. The average Bonchev–Trinajstić information content (AvgIpc) is 2.86. The van der Waals surface area contributed by atoms with Crippen molar-refractivity contribution in [3.05, 3.63) is 23.3 Å². The molecule has 0 aromatic rings. The summed E-state index contributed by atoms with van der Waals surface area (Å²) < 4.78 is 5.31. The molecule has 5 nitrogen and oxygen atoms in total. The minimum atomic E-state index is -0.459. The van der Waals surface area contributed by atoms with Gasteiger partial charge >= 0.3 is 5.97 Å². The van der Waals surface area contributed by atoms with E-state index in [2.05, 4.69) is 40.7 Å². The molecule has 5 rings (SSSR count). The molecule has 0 bridgehead atoms. The lowest BCUT2D eigenvalue weighted by molar-refractivity contribution is -0.171. The predicted molar refractivity (Wildman–Crippen MR) is 150 cm³/mol. The minimum absolute atomic E-state index is 0.0319. The number of nitrogens with zero attached hydrogens (tertiary/aromatic N) is 1. The molecule has 8 atom stereocenters. The molecule has 0 aromatic heterocycles. The summed E-state index contributed by atoms with van der Waals surface area (Å²) in [7, 11) is 0. The molecule has 0 spiro atoms. The van der Waals surface area contributed by atoms with Gasteiger partial charge in [-0.25, -0.2) is 0 Å². The van der Waals surface area contributed by atoms with E-state index in [1.165, 1.54) is 18.9 Å². The highest BCUT2D eigenvalue weighted by Crippen LogP contribution is 2.74. The van der Waals surface area contributed by atoms with Crippen LogP contribution in [0, 0.1) is 62.1 Å². The summed E-state index contributed by atoms with van der Waals surface area (Å²) in [6, 6.07) is 2.18. The molecule has 5 heteroatoms. The van der Waals surface area contributed by atoms with Gasteiger partial charge < -0.3 is 4.74 Å². The Morgan fingerprint density at radius 1 is 1.05 bits per heavy atom. The first-order chi connectivity index (χ1) is 18.1. The van der Waals surface area contributed by atoms with Gasteiger partial charge in [-0.2, -0.15) is 5.26 Å². The van der Waals surface area contributed by atoms with E-state index in [1.807, 2.05) is 19.1 Å². The summed E-state index contributed by atoms with van der Waals surface area (Å²) in [5.74, 6) is 0.168. The van der Waals surface area contributed by atoms with Gasteiger partial charge in [0, 0.05) is 24.2 Å². The summed E-state index contributed by atoms with van der Waals surface area (Å²) in [5.41, 5.74) is 0.929. The lowest BCUT2D eigenvalue weighted by atomic mass is 9.34. The van der Waals surface area contributed by atoms with Crippen molar-refractivity contribution in [3.8, 4) is 6.07 Å². The van der Waals surface area contributed by atoms with Gasteiger partial charge in [-0.3, -0.25) is 14.4 Å². The van der Waals surface area contributed by atoms with E-state index in [4.69, 9.17) is 4.74 Å². The Balaban J connectivity index is 1.58. The van der Waals surface area contributed by atoms with E-state index < -0.39 is 5.41 Å². The molecule has 5 aliphatic carbocycles. The van der Waals surface area contributed by atoms with Gasteiger partial charge in [0.2, 0.25) is 0 Å². The van der Waals surface area contributed by atoms with E-state index in [0.29, 0.717) is 12.5 Å². The van der Waals surface area contributed by atoms with Crippen molar-refractivity contribution in [1.29, 1.82) is 5.26 Å². The highest BCUT2D eigenvalue weighted by molar-refractivity contribution is 6.02. The number of fused-ring (bicyclic) bond motifs is 7. The molecule has 0 N–H and O–H groups in total. The number of rotatable bonds is 4. The van der Waals surface area contributed by atoms with Crippen molar-refractivity contribution in [1.82, 2.24) is 0 Å². The Morgan fingerprint density at radius 2 is 1.74 bits per heavy atom. The van der Waals surface area contributed by atoms with Crippen LogP contribution in [0.1, 0.15) is 106 Å². The minimum Gasteiger partial charge on any atom is -0.466 e. The van der Waals surface area contributed by atoms with E-state index >= 15 is 0 Å². The van der Waals surface area contributed by atoms with Crippen LogP contribution in [0.4, 0.5) is 0 Å². The fourth-order valence-corrected chi connectivity index (χ4v) is 10.4. The number of nitriles is 1. The summed E-state index contributed by atoms with van der Waals surface area (Å²) in [6.45, 7) is 15.6. The van der Waals surface area contributed by atoms with Crippen molar-refractivity contribution < 1.29 is 19.1 Å². The largest absolute Gasteiger partial charge is 0.466 e. The maximum atomic E-state index is 14.5. The number of ether oxygens (including phenoxy) is 1. The predicted octanol–water partition coefficient (Wildman–Crippen LogP) is 7.16. The SMILES string of the molecule is CC(=O)OCCCC12CCC(C)(C)CC1C1C(=O)C=C3C4(C)C=C(C#N)C(=O)C(C)C4CCC3(C)C1(C)CC2. The van der Waals surface area contributed by atoms with Gasteiger partial charge in [0.1, 0.15) is 6.07 Å². The first kappa shape index (κ1) is 28.3. The summed E-state index contributed by atoms with van der Waals surface area (Å²) >= 11 is 0. The van der Waals surface area contributed by atoms with Crippen LogP contribution in [0.2, 0.25) is 0 Å². The van der Waals surface area contributed by atoms with E-state index in [1.54, 1.807) is 0 Å². The zero-order valence-electron chi connectivity index (χ0n) is 25.1. The lowest BCUT2D eigenvalue weighted by Gasteiger charge is -2.69. The van der Waals surface area contributed by atoms with Crippen molar-refractivity contribution in [2.24, 2.45) is 50.7 Å². The zero-order chi connectivity index (χ0) is 28.6.